The van der Waals surface area contributed by atoms with Gasteiger partial charge in [0.25, 0.3) is 0 Å². The second-order valence-electron chi connectivity index (χ2n) is 4.17. The monoisotopic (exact) mass is 285 g/mol. The minimum absolute atomic E-state index is 0.207. The average molecular weight is 286 g/mol. The number of nitrogens with zero attached hydrogens (tertiary/aromatic N) is 3. The number of benzene rings is 1. The number of aromatic nitrogens is 3. The smallest absolute Gasteiger partial charge is 0.208 e. The van der Waals surface area contributed by atoms with Crippen LogP contribution in [0.3, 0.4) is 0 Å². The Bertz CT molecular complexity index is 633. The van der Waals surface area contributed by atoms with Crippen molar-refractivity contribution in [2.75, 3.05) is 0 Å². The molecule has 1 aromatic carbocycles. The molecule has 2 rings (SSSR count). The van der Waals surface area contributed by atoms with Crippen molar-refractivity contribution in [3.05, 3.63) is 59.7 Å². The van der Waals surface area contributed by atoms with Gasteiger partial charge in [-0.15, -0.1) is 0 Å². The lowest BCUT2D eigenvalue weighted by molar-refractivity contribution is 1.03. The summed E-state index contributed by atoms with van der Waals surface area (Å²) in [7, 11) is 0. The Hall–Kier alpha value is -2.00. The molecule has 0 spiro atoms. The van der Waals surface area contributed by atoms with Gasteiger partial charge in [0.2, 0.25) is 5.28 Å². The van der Waals surface area contributed by atoms with E-state index < -0.39 is 0 Å². The summed E-state index contributed by atoms with van der Waals surface area (Å²) >= 11 is 6.02. The Kier molecular flexibility index (Phi) is 5.02. The molecule has 0 saturated carbocycles. The number of rotatable bonds is 4. The summed E-state index contributed by atoms with van der Waals surface area (Å²) in [4.78, 5) is 12.9. The summed E-state index contributed by atoms with van der Waals surface area (Å²) < 4.78 is 0. The van der Waals surface area contributed by atoms with Crippen molar-refractivity contribution in [1.29, 1.82) is 0 Å². The molecule has 20 heavy (non-hydrogen) atoms. The van der Waals surface area contributed by atoms with Crippen LogP contribution in [0.5, 0.6) is 0 Å². The molecule has 0 aliphatic carbocycles. The molecule has 3 nitrogen and oxygen atoms in total. The highest BCUT2D eigenvalue weighted by molar-refractivity contribution is 6.28. The van der Waals surface area contributed by atoms with Crippen molar-refractivity contribution >= 4 is 17.2 Å². The lowest BCUT2D eigenvalue weighted by atomic mass is 10.2. The van der Waals surface area contributed by atoms with Crippen molar-refractivity contribution < 1.29 is 0 Å². The molecular weight excluding hydrogens is 270 g/mol. The maximum Gasteiger partial charge on any atom is 0.226 e. The summed E-state index contributed by atoms with van der Waals surface area (Å²) in [6, 6.07) is 9.74. The van der Waals surface area contributed by atoms with Crippen molar-refractivity contribution in [2.24, 2.45) is 0 Å². The van der Waals surface area contributed by atoms with Gasteiger partial charge in [-0.2, -0.15) is 9.97 Å². The van der Waals surface area contributed by atoms with E-state index >= 15 is 0 Å². The minimum Gasteiger partial charge on any atom is -0.208 e. The Morgan fingerprint density at radius 1 is 1.15 bits per heavy atom. The first kappa shape index (κ1) is 14.4. The first-order valence-corrected chi connectivity index (χ1v) is 6.92. The van der Waals surface area contributed by atoms with Gasteiger partial charge in [-0.1, -0.05) is 55.5 Å². The Balaban J connectivity index is 2.46. The van der Waals surface area contributed by atoms with Gasteiger partial charge in [-0.3, -0.25) is 0 Å². The quantitative estimate of drug-likeness (QED) is 0.773. The van der Waals surface area contributed by atoms with Gasteiger partial charge in [0.1, 0.15) is 0 Å². The van der Waals surface area contributed by atoms with E-state index in [-0.39, 0.29) is 5.28 Å². The van der Waals surface area contributed by atoms with E-state index in [1.165, 1.54) is 0 Å². The highest BCUT2D eigenvalue weighted by Gasteiger charge is 2.08. The number of hydrogen-bond donors (Lipinski definition) is 0. The van der Waals surface area contributed by atoms with Gasteiger partial charge in [0.05, 0.1) is 0 Å². The summed E-state index contributed by atoms with van der Waals surface area (Å²) in [6.07, 6.45) is 6.99. The van der Waals surface area contributed by atoms with E-state index in [0.29, 0.717) is 11.6 Å². The van der Waals surface area contributed by atoms with Crippen LogP contribution >= 0.6 is 11.6 Å². The number of allylic oxidation sites excluding steroid dienone is 4. The highest BCUT2D eigenvalue weighted by atomic mass is 35.5. The van der Waals surface area contributed by atoms with Crippen LogP contribution in [-0.4, -0.2) is 15.0 Å². The summed E-state index contributed by atoms with van der Waals surface area (Å²) in [5, 5.41) is 0.207. The topological polar surface area (TPSA) is 38.7 Å². The molecule has 0 bridgehead atoms. The molecule has 1 heterocycles. The molecule has 0 aliphatic rings. The molecule has 1 aromatic heterocycles. The fourth-order valence-corrected chi connectivity index (χ4v) is 1.90. The fourth-order valence-electron chi connectivity index (χ4n) is 1.74. The van der Waals surface area contributed by atoms with Crippen LogP contribution in [0.15, 0.2) is 48.6 Å². The molecule has 0 saturated heterocycles. The van der Waals surface area contributed by atoms with E-state index in [2.05, 4.69) is 28.0 Å². The third-order valence-corrected chi connectivity index (χ3v) is 2.91. The van der Waals surface area contributed by atoms with Crippen LogP contribution in [0.4, 0.5) is 0 Å². The van der Waals surface area contributed by atoms with Gasteiger partial charge < -0.3 is 0 Å². The van der Waals surface area contributed by atoms with E-state index in [9.17, 15) is 0 Å². The van der Waals surface area contributed by atoms with Gasteiger partial charge in [-0.05, 0) is 24.9 Å². The predicted octanol–water partition coefficient (Wildman–Crippen LogP) is 4.56. The highest BCUT2D eigenvalue weighted by Crippen LogP contribution is 2.19. The van der Waals surface area contributed by atoms with Gasteiger partial charge in [-0.25, -0.2) is 4.98 Å². The van der Waals surface area contributed by atoms with Gasteiger partial charge in [0, 0.05) is 11.1 Å². The Morgan fingerprint density at radius 3 is 2.55 bits per heavy atom. The van der Waals surface area contributed by atoms with Crippen molar-refractivity contribution in [3.8, 4) is 11.4 Å². The molecule has 102 valence electrons. The van der Waals surface area contributed by atoms with Crippen molar-refractivity contribution in [1.82, 2.24) is 15.0 Å². The second kappa shape index (κ2) is 6.96. The third kappa shape index (κ3) is 3.52. The minimum atomic E-state index is 0.207. The van der Waals surface area contributed by atoms with Crippen molar-refractivity contribution in [2.45, 2.75) is 20.3 Å². The number of halogens is 1. The van der Waals surface area contributed by atoms with Crippen LogP contribution in [0.25, 0.3) is 17.0 Å². The molecule has 0 atom stereocenters. The van der Waals surface area contributed by atoms with Crippen molar-refractivity contribution in [3.63, 3.8) is 0 Å². The first-order chi connectivity index (χ1) is 9.74. The first-order valence-electron chi connectivity index (χ1n) is 6.54. The maximum atomic E-state index is 6.02. The molecule has 0 N–H and O–H groups in total. The normalized spacial score (nSPS) is 12.1. The van der Waals surface area contributed by atoms with Crippen LogP contribution in [-0.2, 0) is 0 Å². The van der Waals surface area contributed by atoms with Gasteiger partial charge in [0.15, 0.2) is 11.6 Å². The zero-order chi connectivity index (χ0) is 14.4. The largest absolute Gasteiger partial charge is 0.226 e. The van der Waals surface area contributed by atoms with Crippen LogP contribution in [0.2, 0.25) is 5.28 Å². The fraction of sp³-hybridized carbons (Fsp3) is 0.188. The van der Waals surface area contributed by atoms with Crippen LogP contribution in [0, 0.1) is 0 Å². The molecule has 0 aliphatic heterocycles. The lowest BCUT2D eigenvalue weighted by Crippen LogP contribution is -1.99. The molecule has 2 aromatic rings. The van der Waals surface area contributed by atoms with E-state index in [0.717, 1.165) is 17.6 Å². The molecule has 0 amide bonds. The van der Waals surface area contributed by atoms with Crippen LogP contribution in [0.1, 0.15) is 26.1 Å². The molecule has 0 fully saturated rings. The van der Waals surface area contributed by atoms with E-state index in [1.807, 2.05) is 49.4 Å². The Morgan fingerprint density at radius 2 is 1.90 bits per heavy atom. The SMILES string of the molecule is C/C=C(\C=C/CC)c1nc(Cl)nc(-c2ccccc2)n1. The zero-order valence-corrected chi connectivity index (χ0v) is 12.3. The lowest BCUT2D eigenvalue weighted by Gasteiger charge is -2.05. The summed E-state index contributed by atoms with van der Waals surface area (Å²) in [6.45, 7) is 4.04. The summed E-state index contributed by atoms with van der Waals surface area (Å²) in [5.74, 6) is 1.18. The average Bonchev–Trinajstić information content (AvgIpc) is 2.48. The predicted molar refractivity (Wildman–Crippen MR) is 83.4 cm³/mol. The molecule has 4 heteroatoms. The van der Waals surface area contributed by atoms with E-state index in [1.54, 1.807) is 0 Å². The third-order valence-electron chi connectivity index (χ3n) is 2.74. The maximum absolute atomic E-state index is 6.02. The van der Waals surface area contributed by atoms with Crippen LogP contribution < -0.4 is 0 Å². The van der Waals surface area contributed by atoms with E-state index in [4.69, 9.17) is 11.6 Å². The Labute approximate surface area is 124 Å². The molecule has 0 radical (unpaired) electrons. The van der Waals surface area contributed by atoms with Gasteiger partial charge >= 0.3 is 0 Å². The number of hydrogen-bond acceptors (Lipinski definition) is 3. The summed E-state index contributed by atoms with van der Waals surface area (Å²) in [5.41, 5.74) is 1.86. The molecular formula is C16H16ClN3. The zero-order valence-electron chi connectivity index (χ0n) is 11.5. The standard InChI is InChI=1S/C16H16ClN3/c1-3-5-9-12(4-2)14-18-15(20-16(17)19-14)13-10-7-6-8-11-13/h4-11H,3H2,1-2H3/b9-5-,12-4+. The molecule has 0 unspecified atom stereocenters. The second-order valence-corrected chi connectivity index (χ2v) is 4.51.